The third-order valence-electron chi connectivity index (χ3n) is 11.6. The molecule has 55 heavy (non-hydrogen) atoms. The van der Waals surface area contributed by atoms with Crippen LogP contribution < -0.4 is 4.90 Å². The highest BCUT2D eigenvalue weighted by molar-refractivity contribution is 6.11. The van der Waals surface area contributed by atoms with Gasteiger partial charge in [0.05, 0.1) is 22.1 Å². The predicted octanol–water partition coefficient (Wildman–Crippen LogP) is 13.8. The maximum Gasteiger partial charge on any atom is 0.0714 e. The van der Waals surface area contributed by atoms with E-state index >= 15 is 0 Å². The Bertz CT molecular complexity index is 3000. The molecule has 9 aromatic carbocycles. The summed E-state index contributed by atoms with van der Waals surface area (Å²) in [4.78, 5) is 2.46. The summed E-state index contributed by atoms with van der Waals surface area (Å²) >= 11 is 0. The van der Waals surface area contributed by atoms with Crippen LogP contribution in [0.1, 0.15) is 22.3 Å². The smallest absolute Gasteiger partial charge is 0.0714 e. The number of para-hydroxylation sites is 2. The normalized spacial score (nSPS) is 12.9. The molecule has 0 spiro atoms. The molecule has 0 aliphatic heterocycles. The van der Waals surface area contributed by atoms with E-state index in [1.165, 1.54) is 66.0 Å². The molecular weight excluding hydrogens is 665 g/mol. The zero-order valence-electron chi connectivity index (χ0n) is 30.2. The van der Waals surface area contributed by atoms with Gasteiger partial charge in [-0.25, -0.2) is 0 Å². The van der Waals surface area contributed by atoms with Crippen LogP contribution in [0, 0.1) is 0 Å². The molecule has 2 nitrogen and oxygen atoms in total. The second-order valence-electron chi connectivity index (χ2n) is 14.5. The number of anilines is 3. The Hall–Kier alpha value is -7.16. The van der Waals surface area contributed by atoms with Crippen LogP contribution in [0.2, 0.25) is 0 Å². The molecule has 258 valence electrons. The second kappa shape index (κ2) is 12.5. The van der Waals surface area contributed by atoms with Gasteiger partial charge >= 0.3 is 0 Å². The maximum absolute atomic E-state index is 2.46. The van der Waals surface area contributed by atoms with Crippen molar-refractivity contribution in [2.75, 3.05) is 4.90 Å². The number of fused-ring (bicyclic) bond motifs is 7. The molecule has 1 heterocycles. The summed E-state index contributed by atoms with van der Waals surface area (Å²) in [5.41, 5.74) is 14.0. The highest BCUT2D eigenvalue weighted by Gasteiger charge is 2.46. The standard InChI is InChI=1S/C53H36N2/c1-3-19-38(20-4-1)53(48-29-12-9-26-44(48)45-27-10-13-30-49(45)53)39-21-16-24-41(35-39)54(50-32-15-18-37-17-7-8-25-43(37)50)42-33-34-47-46-28-11-14-31-51(46)55(52(47)36-42)40-22-5-2-6-23-40/h1-36H. The molecule has 0 bridgehead atoms. The molecule has 0 saturated heterocycles. The predicted molar refractivity (Wildman–Crippen MR) is 230 cm³/mol. The van der Waals surface area contributed by atoms with Gasteiger partial charge in [-0.05, 0) is 87.3 Å². The molecule has 0 N–H and O–H groups in total. The fourth-order valence-corrected chi connectivity index (χ4v) is 9.37. The Kier molecular flexibility index (Phi) is 7.11. The quantitative estimate of drug-likeness (QED) is 0.168. The van der Waals surface area contributed by atoms with Crippen LogP contribution in [-0.2, 0) is 5.41 Å². The van der Waals surface area contributed by atoms with E-state index < -0.39 is 5.41 Å². The van der Waals surface area contributed by atoms with E-state index in [-0.39, 0.29) is 0 Å². The summed E-state index contributed by atoms with van der Waals surface area (Å²) in [5, 5.41) is 4.89. The maximum atomic E-state index is 2.46. The van der Waals surface area contributed by atoms with Gasteiger partial charge in [0.15, 0.2) is 0 Å². The molecule has 0 fully saturated rings. The summed E-state index contributed by atoms with van der Waals surface area (Å²) in [6.45, 7) is 0. The third-order valence-corrected chi connectivity index (χ3v) is 11.6. The van der Waals surface area contributed by atoms with E-state index in [9.17, 15) is 0 Å². The number of rotatable bonds is 6. The number of hydrogen-bond donors (Lipinski definition) is 0. The van der Waals surface area contributed by atoms with Crippen molar-refractivity contribution in [2.24, 2.45) is 0 Å². The minimum atomic E-state index is -0.501. The van der Waals surface area contributed by atoms with Gasteiger partial charge in [-0.3, -0.25) is 0 Å². The lowest BCUT2D eigenvalue weighted by molar-refractivity contribution is 0.768. The van der Waals surface area contributed by atoms with Crippen molar-refractivity contribution in [3.05, 3.63) is 241 Å². The van der Waals surface area contributed by atoms with Crippen molar-refractivity contribution < 1.29 is 0 Å². The lowest BCUT2D eigenvalue weighted by atomic mass is 9.67. The molecule has 0 unspecified atom stereocenters. The Morgan fingerprint density at radius 2 is 0.927 bits per heavy atom. The molecule has 11 rings (SSSR count). The van der Waals surface area contributed by atoms with E-state index in [1.807, 2.05) is 0 Å². The minimum absolute atomic E-state index is 0.501. The Morgan fingerprint density at radius 3 is 1.71 bits per heavy atom. The Balaban J connectivity index is 1.20. The molecule has 1 aliphatic rings. The molecule has 0 atom stereocenters. The molecular formula is C53H36N2. The lowest BCUT2D eigenvalue weighted by Crippen LogP contribution is -2.28. The zero-order valence-corrected chi connectivity index (χ0v) is 30.2. The summed E-state index contributed by atoms with van der Waals surface area (Å²) < 4.78 is 2.41. The number of nitrogens with zero attached hydrogens (tertiary/aromatic N) is 2. The van der Waals surface area contributed by atoms with Gasteiger partial charge in [-0.15, -0.1) is 0 Å². The van der Waals surface area contributed by atoms with Gasteiger partial charge in [-0.1, -0.05) is 170 Å². The Morgan fingerprint density at radius 1 is 0.364 bits per heavy atom. The first kappa shape index (κ1) is 31.4. The summed E-state index contributed by atoms with van der Waals surface area (Å²) in [5.74, 6) is 0. The fraction of sp³-hybridized carbons (Fsp3) is 0.0189. The van der Waals surface area contributed by atoms with Crippen molar-refractivity contribution in [3.63, 3.8) is 0 Å². The van der Waals surface area contributed by atoms with Gasteiger partial charge in [0.2, 0.25) is 0 Å². The molecule has 0 saturated carbocycles. The van der Waals surface area contributed by atoms with E-state index in [2.05, 4.69) is 228 Å². The summed E-state index contributed by atoms with van der Waals surface area (Å²) in [6, 6.07) is 80.1. The van der Waals surface area contributed by atoms with Crippen molar-refractivity contribution in [2.45, 2.75) is 5.41 Å². The highest BCUT2D eigenvalue weighted by atomic mass is 15.1. The lowest BCUT2D eigenvalue weighted by Gasteiger charge is -2.35. The van der Waals surface area contributed by atoms with Crippen molar-refractivity contribution >= 4 is 49.6 Å². The Labute approximate surface area is 320 Å². The van der Waals surface area contributed by atoms with Crippen LogP contribution in [0.25, 0.3) is 49.4 Å². The topological polar surface area (TPSA) is 8.17 Å². The number of hydrogen-bond acceptors (Lipinski definition) is 1. The minimum Gasteiger partial charge on any atom is -0.310 e. The first-order chi connectivity index (χ1) is 27.3. The van der Waals surface area contributed by atoms with Gasteiger partial charge in [0.25, 0.3) is 0 Å². The average Bonchev–Trinajstić information content (AvgIpc) is 3.75. The average molecular weight is 701 g/mol. The van der Waals surface area contributed by atoms with Crippen LogP contribution in [-0.4, -0.2) is 4.57 Å². The van der Waals surface area contributed by atoms with Crippen LogP contribution in [0.5, 0.6) is 0 Å². The summed E-state index contributed by atoms with van der Waals surface area (Å²) in [7, 11) is 0. The van der Waals surface area contributed by atoms with Crippen molar-refractivity contribution in [1.82, 2.24) is 4.57 Å². The number of aromatic nitrogens is 1. The van der Waals surface area contributed by atoms with Gasteiger partial charge in [0, 0.05) is 33.2 Å². The SMILES string of the molecule is c1ccc(-n2c3ccccc3c3ccc(N(c4cccc(C5(c6ccccc6)c6ccccc6-c6ccccc65)c4)c4cccc5ccccc45)cc32)cc1. The third kappa shape index (κ3) is 4.68. The van der Waals surface area contributed by atoms with Crippen LogP contribution in [0.3, 0.4) is 0 Å². The number of benzene rings is 9. The van der Waals surface area contributed by atoms with Crippen LogP contribution in [0.4, 0.5) is 17.1 Å². The molecule has 10 aromatic rings. The van der Waals surface area contributed by atoms with Crippen LogP contribution in [0.15, 0.2) is 218 Å². The first-order valence-electron chi connectivity index (χ1n) is 19.0. The van der Waals surface area contributed by atoms with Gasteiger partial charge in [0.1, 0.15) is 0 Å². The monoisotopic (exact) mass is 700 g/mol. The fourth-order valence-electron chi connectivity index (χ4n) is 9.37. The molecule has 0 amide bonds. The second-order valence-corrected chi connectivity index (χ2v) is 14.5. The van der Waals surface area contributed by atoms with Crippen molar-refractivity contribution in [3.8, 4) is 16.8 Å². The molecule has 1 aromatic heterocycles. The van der Waals surface area contributed by atoms with Gasteiger partial charge < -0.3 is 9.47 Å². The van der Waals surface area contributed by atoms with E-state index in [0.717, 1.165) is 22.7 Å². The van der Waals surface area contributed by atoms with E-state index in [4.69, 9.17) is 0 Å². The molecule has 2 heteroatoms. The first-order valence-corrected chi connectivity index (χ1v) is 19.0. The van der Waals surface area contributed by atoms with E-state index in [0.29, 0.717) is 0 Å². The summed E-state index contributed by atoms with van der Waals surface area (Å²) in [6.07, 6.45) is 0. The van der Waals surface area contributed by atoms with Gasteiger partial charge in [-0.2, -0.15) is 0 Å². The highest BCUT2D eigenvalue weighted by Crippen LogP contribution is 2.56. The van der Waals surface area contributed by atoms with Crippen LogP contribution >= 0.6 is 0 Å². The largest absolute Gasteiger partial charge is 0.310 e. The zero-order chi connectivity index (χ0) is 36.3. The van der Waals surface area contributed by atoms with E-state index in [1.54, 1.807) is 0 Å². The molecule has 0 radical (unpaired) electrons. The molecule has 1 aliphatic carbocycles. The van der Waals surface area contributed by atoms with Crippen molar-refractivity contribution in [1.29, 1.82) is 0 Å².